The van der Waals surface area contributed by atoms with Gasteiger partial charge in [-0.2, -0.15) is 0 Å². The van der Waals surface area contributed by atoms with Gasteiger partial charge in [-0.25, -0.2) is 0 Å². The standard InChI is InChI=1S/C43H31N3/c1-3-4-16-33-29(2)44(31-23-25-32(26-24-31)45-38-20-11-8-17-34(38)35-18-9-12-21-39(35)45)41-28-27-37-36-19-10-13-22-40(36)46(43(37)42(33)41)30-14-6-5-7-15-30/h3-28H,1H2,2H3/b16-4-. The minimum absolute atomic E-state index is 1.13. The van der Waals surface area contributed by atoms with Crippen LogP contribution in [0.15, 0.2) is 158 Å². The lowest BCUT2D eigenvalue weighted by Gasteiger charge is -2.12. The predicted octanol–water partition coefficient (Wildman–Crippen LogP) is 11.3. The van der Waals surface area contributed by atoms with E-state index in [4.69, 9.17) is 0 Å². The molecule has 0 aliphatic rings. The number of para-hydroxylation sites is 4. The van der Waals surface area contributed by atoms with E-state index in [0.717, 1.165) is 17.1 Å². The van der Waals surface area contributed by atoms with Gasteiger partial charge >= 0.3 is 0 Å². The average molecular weight is 590 g/mol. The Morgan fingerprint density at radius 3 is 1.57 bits per heavy atom. The minimum atomic E-state index is 1.13. The van der Waals surface area contributed by atoms with E-state index in [-0.39, 0.29) is 0 Å². The van der Waals surface area contributed by atoms with Gasteiger partial charge in [0.1, 0.15) is 0 Å². The Morgan fingerprint density at radius 2 is 0.957 bits per heavy atom. The Morgan fingerprint density at radius 1 is 0.457 bits per heavy atom. The minimum Gasteiger partial charge on any atom is -0.313 e. The van der Waals surface area contributed by atoms with Crippen LogP contribution >= 0.6 is 0 Å². The number of hydrogen-bond donors (Lipinski definition) is 0. The third-order valence-corrected chi connectivity index (χ3v) is 9.41. The van der Waals surface area contributed by atoms with Crippen molar-refractivity contribution in [1.29, 1.82) is 0 Å². The highest BCUT2D eigenvalue weighted by atomic mass is 15.0. The lowest BCUT2D eigenvalue weighted by Crippen LogP contribution is -1.99. The van der Waals surface area contributed by atoms with Crippen molar-refractivity contribution in [3.8, 4) is 17.1 Å². The summed E-state index contributed by atoms with van der Waals surface area (Å²) in [5, 5.41) is 6.28. The number of benzene rings is 6. The molecule has 46 heavy (non-hydrogen) atoms. The van der Waals surface area contributed by atoms with Crippen molar-refractivity contribution in [1.82, 2.24) is 13.7 Å². The highest BCUT2D eigenvalue weighted by Gasteiger charge is 2.22. The summed E-state index contributed by atoms with van der Waals surface area (Å²) in [6.07, 6.45) is 6.11. The van der Waals surface area contributed by atoms with E-state index in [1.165, 1.54) is 65.8 Å². The molecular formula is C43H31N3. The summed E-state index contributed by atoms with van der Waals surface area (Å²) < 4.78 is 7.20. The summed E-state index contributed by atoms with van der Waals surface area (Å²) in [7, 11) is 0. The second-order valence-corrected chi connectivity index (χ2v) is 11.9. The fraction of sp³-hybridized carbons (Fsp3) is 0.0233. The van der Waals surface area contributed by atoms with Gasteiger partial charge in [0, 0.05) is 55.3 Å². The van der Waals surface area contributed by atoms with Gasteiger partial charge in [0.25, 0.3) is 0 Å². The molecule has 6 aromatic carbocycles. The van der Waals surface area contributed by atoms with Gasteiger partial charge in [-0.15, -0.1) is 0 Å². The zero-order valence-electron chi connectivity index (χ0n) is 25.6. The molecule has 0 spiro atoms. The molecule has 0 N–H and O–H groups in total. The largest absolute Gasteiger partial charge is 0.313 e. The number of allylic oxidation sites excluding steroid dienone is 2. The van der Waals surface area contributed by atoms with Gasteiger partial charge < -0.3 is 13.7 Å². The van der Waals surface area contributed by atoms with Crippen molar-refractivity contribution in [3.63, 3.8) is 0 Å². The summed E-state index contributed by atoms with van der Waals surface area (Å²) >= 11 is 0. The van der Waals surface area contributed by atoms with Crippen LogP contribution in [0, 0.1) is 6.92 Å². The van der Waals surface area contributed by atoms with Crippen LogP contribution in [0.1, 0.15) is 11.3 Å². The smallest absolute Gasteiger partial charge is 0.0641 e. The van der Waals surface area contributed by atoms with E-state index in [0.29, 0.717) is 0 Å². The summed E-state index contributed by atoms with van der Waals surface area (Å²) in [4.78, 5) is 0. The molecule has 218 valence electrons. The van der Waals surface area contributed by atoms with Crippen LogP contribution in [0.4, 0.5) is 0 Å². The van der Waals surface area contributed by atoms with Gasteiger partial charge in [-0.3, -0.25) is 0 Å². The first-order valence-electron chi connectivity index (χ1n) is 15.8. The maximum absolute atomic E-state index is 3.99. The fourth-order valence-electron chi connectivity index (χ4n) is 7.48. The van der Waals surface area contributed by atoms with Gasteiger partial charge in [0.05, 0.1) is 27.6 Å². The molecule has 0 unspecified atom stereocenters. The maximum Gasteiger partial charge on any atom is 0.0641 e. The van der Waals surface area contributed by atoms with Crippen molar-refractivity contribution >= 4 is 60.6 Å². The van der Waals surface area contributed by atoms with Crippen molar-refractivity contribution in [2.24, 2.45) is 0 Å². The van der Waals surface area contributed by atoms with E-state index in [1.54, 1.807) is 0 Å². The summed E-state index contributed by atoms with van der Waals surface area (Å²) in [6, 6.07) is 50.3. The van der Waals surface area contributed by atoms with Crippen LogP contribution in [0.25, 0.3) is 77.7 Å². The first-order chi connectivity index (χ1) is 22.7. The fourth-order valence-corrected chi connectivity index (χ4v) is 7.48. The molecule has 0 radical (unpaired) electrons. The summed E-state index contributed by atoms with van der Waals surface area (Å²) in [6.45, 7) is 6.22. The average Bonchev–Trinajstić information content (AvgIpc) is 3.73. The first kappa shape index (κ1) is 26.4. The normalized spacial score (nSPS) is 12.0. The second-order valence-electron chi connectivity index (χ2n) is 11.9. The highest BCUT2D eigenvalue weighted by molar-refractivity contribution is 6.20. The van der Waals surface area contributed by atoms with E-state index in [1.807, 2.05) is 12.2 Å². The third kappa shape index (κ3) is 3.72. The van der Waals surface area contributed by atoms with Crippen LogP contribution < -0.4 is 0 Å². The Hall–Kier alpha value is -6.06. The molecule has 9 aromatic rings. The molecule has 0 bridgehead atoms. The predicted molar refractivity (Wildman–Crippen MR) is 196 cm³/mol. The van der Waals surface area contributed by atoms with Crippen LogP contribution in [0.5, 0.6) is 0 Å². The van der Waals surface area contributed by atoms with Gasteiger partial charge in [-0.1, -0.05) is 104 Å². The third-order valence-electron chi connectivity index (χ3n) is 9.41. The van der Waals surface area contributed by atoms with Gasteiger partial charge in [-0.05, 0) is 67.6 Å². The van der Waals surface area contributed by atoms with Crippen molar-refractivity contribution in [3.05, 3.63) is 170 Å². The van der Waals surface area contributed by atoms with Crippen LogP contribution in [-0.2, 0) is 0 Å². The molecule has 0 aliphatic carbocycles. The van der Waals surface area contributed by atoms with Crippen LogP contribution in [-0.4, -0.2) is 13.7 Å². The van der Waals surface area contributed by atoms with Crippen LogP contribution in [0.3, 0.4) is 0 Å². The van der Waals surface area contributed by atoms with Crippen molar-refractivity contribution < 1.29 is 0 Å². The summed E-state index contributed by atoms with van der Waals surface area (Å²) in [5.74, 6) is 0. The molecule has 9 rings (SSSR count). The molecule has 0 atom stereocenters. The Labute approximate surface area is 267 Å². The molecule has 0 amide bonds. The molecule has 0 saturated carbocycles. The lowest BCUT2D eigenvalue weighted by molar-refractivity contribution is 1.05. The number of hydrogen-bond acceptors (Lipinski definition) is 0. The van der Waals surface area contributed by atoms with E-state index in [9.17, 15) is 0 Å². The molecule has 3 aromatic heterocycles. The van der Waals surface area contributed by atoms with E-state index < -0.39 is 0 Å². The number of fused-ring (bicyclic) bond motifs is 8. The topological polar surface area (TPSA) is 14.8 Å². The van der Waals surface area contributed by atoms with Crippen molar-refractivity contribution in [2.45, 2.75) is 6.92 Å². The molecule has 0 saturated heterocycles. The van der Waals surface area contributed by atoms with E-state index in [2.05, 4.69) is 173 Å². The second kappa shape index (κ2) is 10.3. The maximum atomic E-state index is 3.99. The monoisotopic (exact) mass is 589 g/mol. The molecular weight excluding hydrogens is 558 g/mol. The quantitative estimate of drug-likeness (QED) is 0.177. The first-order valence-corrected chi connectivity index (χ1v) is 15.8. The SMILES string of the molecule is C=C/C=C\c1c(C)n(-c2ccc(-n3c4ccccc4c4ccccc43)cc2)c2ccc3c4ccccc4n(-c4ccccc4)c3c12. The van der Waals surface area contributed by atoms with E-state index >= 15 is 0 Å². The molecule has 0 fully saturated rings. The van der Waals surface area contributed by atoms with Crippen LogP contribution in [0.2, 0.25) is 0 Å². The van der Waals surface area contributed by atoms with Gasteiger partial charge in [0.15, 0.2) is 0 Å². The molecule has 3 heterocycles. The Balaban J connectivity index is 1.32. The number of rotatable bonds is 5. The molecule has 3 heteroatoms. The molecule has 0 aliphatic heterocycles. The Bertz CT molecular complexity index is 2590. The Kier molecular flexibility index (Phi) is 5.87. The highest BCUT2D eigenvalue weighted by Crippen LogP contribution is 2.41. The lowest BCUT2D eigenvalue weighted by atomic mass is 10.1. The zero-order valence-corrected chi connectivity index (χ0v) is 25.6. The molecule has 3 nitrogen and oxygen atoms in total. The van der Waals surface area contributed by atoms with Crippen molar-refractivity contribution in [2.75, 3.05) is 0 Å². The number of aromatic nitrogens is 3. The zero-order chi connectivity index (χ0) is 30.8. The van der Waals surface area contributed by atoms with Gasteiger partial charge in [0.2, 0.25) is 0 Å². The number of nitrogens with zero attached hydrogens (tertiary/aromatic N) is 3. The summed E-state index contributed by atoms with van der Waals surface area (Å²) in [5.41, 5.74) is 11.9.